The minimum Gasteiger partial charge on any atom is -0.455 e. The van der Waals surface area contributed by atoms with Crippen molar-refractivity contribution in [1.29, 1.82) is 0 Å². The molecule has 3 nitrogen and oxygen atoms in total. The van der Waals surface area contributed by atoms with Gasteiger partial charge >= 0.3 is 0 Å². The maximum absolute atomic E-state index is 15.1. The summed E-state index contributed by atoms with van der Waals surface area (Å²) in [6.45, 7) is 0. The van der Waals surface area contributed by atoms with Crippen LogP contribution in [0.2, 0.25) is 0 Å². The molecule has 8 aromatic rings. The van der Waals surface area contributed by atoms with Crippen LogP contribution in [0.15, 0.2) is 150 Å². The van der Waals surface area contributed by atoms with Gasteiger partial charge in [-0.15, -0.1) is 0 Å². The third-order valence-electron chi connectivity index (χ3n) is 7.93. The largest absolute Gasteiger partial charge is 0.455 e. The van der Waals surface area contributed by atoms with Crippen LogP contribution in [0.4, 0.5) is 0 Å². The molecule has 2 heterocycles. The van der Waals surface area contributed by atoms with Crippen molar-refractivity contribution in [1.82, 2.24) is 4.98 Å². The van der Waals surface area contributed by atoms with Gasteiger partial charge in [-0.1, -0.05) is 121 Å². The van der Waals surface area contributed by atoms with Crippen LogP contribution >= 0.6 is 7.14 Å². The van der Waals surface area contributed by atoms with Crippen LogP contribution in [-0.4, -0.2) is 4.98 Å². The SMILES string of the molecule is O=P(c1ccccc1)(c1ccccc1)c1cccc(-c2nc3ccccc3c3c2ccc2c4ccccc4oc23)c1. The third kappa shape index (κ3) is 3.67. The molecular weight excluding hydrogens is 521 g/mol. The number of furan rings is 1. The molecule has 0 atom stereocenters. The first-order valence-corrected chi connectivity index (χ1v) is 15.4. The monoisotopic (exact) mass is 545 g/mol. The third-order valence-corrected chi connectivity index (χ3v) is 11.0. The number of aromatic nitrogens is 1. The van der Waals surface area contributed by atoms with Gasteiger partial charge in [-0.2, -0.15) is 0 Å². The number of fused-ring (bicyclic) bond motifs is 7. The Bertz CT molecular complexity index is 2240. The first kappa shape index (κ1) is 23.9. The lowest BCUT2D eigenvalue weighted by Crippen LogP contribution is -2.25. The van der Waals surface area contributed by atoms with Crippen molar-refractivity contribution in [3.63, 3.8) is 0 Å². The topological polar surface area (TPSA) is 43.1 Å². The van der Waals surface area contributed by atoms with Gasteiger partial charge in [0.1, 0.15) is 11.2 Å². The van der Waals surface area contributed by atoms with Crippen LogP contribution < -0.4 is 15.9 Å². The molecule has 8 rings (SSSR count). The van der Waals surface area contributed by atoms with Crippen LogP contribution in [-0.2, 0) is 4.57 Å². The Labute approximate surface area is 237 Å². The molecule has 6 aromatic carbocycles. The van der Waals surface area contributed by atoms with Crippen molar-refractivity contribution in [3.05, 3.63) is 146 Å². The summed E-state index contributed by atoms with van der Waals surface area (Å²) in [5.74, 6) is 0. The molecule has 0 saturated heterocycles. The Morgan fingerprint density at radius 2 is 1.12 bits per heavy atom. The number of para-hydroxylation sites is 2. The van der Waals surface area contributed by atoms with E-state index in [4.69, 9.17) is 9.40 Å². The highest BCUT2D eigenvalue weighted by molar-refractivity contribution is 7.85. The smallest absolute Gasteiger partial charge is 0.171 e. The highest BCUT2D eigenvalue weighted by Gasteiger charge is 2.30. The molecule has 194 valence electrons. The molecule has 0 aliphatic carbocycles. The van der Waals surface area contributed by atoms with E-state index in [2.05, 4.69) is 36.4 Å². The van der Waals surface area contributed by atoms with E-state index in [1.165, 1.54) is 0 Å². The van der Waals surface area contributed by atoms with Gasteiger partial charge < -0.3 is 8.98 Å². The summed E-state index contributed by atoms with van der Waals surface area (Å²) >= 11 is 0. The van der Waals surface area contributed by atoms with Crippen LogP contribution in [0, 0.1) is 0 Å². The summed E-state index contributed by atoms with van der Waals surface area (Å²) in [6, 6.07) is 48.3. The molecule has 0 aliphatic rings. The lowest BCUT2D eigenvalue weighted by Gasteiger charge is -2.21. The van der Waals surface area contributed by atoms with Gasteiger partial charge in [-0.3, -0.25) is 0 Å². The average molecular weight is 546 g/mol. The Balaban J connectivity index is 1.43. The molecule has 0 amide bonds. The zero-order chi connectivity index (χ0) is 27.4. The van der Waals surface area contributed by atoms with Gasteiger partial charge in [0.05, 0.1) is 11.2 Å². The maximum atomic E-state index is 15.1. The molecule has 0 radical (unpaired) electrons. The second kappa shape index (κ2) is 9.30. The normalized spacial score (nSPS) is 12.0. The molecule has 4 heteroatoms. The van der Waals surface area contributed by atoms with E-state index in [9.17, 15) is 0 Å². The summed E-state index contributed by atoms with van der Waals surface area (Å²) in [5.41, 5.74) is 4.38. The molecule has 0 saturated carbocycles. The fourth-order valence-corrected chi connectivity index (χ4v) is 8.70. The first-order valence-electron chi connectivity index (χ1n) is 13.7. The molecule has 0 unspecified atom stereocenters. The summed E-state index contributed by atoms with van der Waals surface area (Å²) in [7, 11) is -3.14. The molecule has 0 aliphatic heterocycles. The minimum absolute atomic E-state index is 0.778. The Kier molecular flexibility index (Phi) is 5.41. The zero-order valence-electron chi connectivity index (χ0n) is 22.1. The zero-order valence-corrected chi connectivity index (χ0v) is 23.0. The van der Waals surface area contributed by atoms with Crippen molar-refractivity contribution >= 4 is 66.7 Å². The number of hydrogen-bond donors (Lipinski definition) is 0. The van der Waals surface area contributed by atoms with Gasteiger partial charge in [-0.05, 0) is 24.3 Å². The van der Waals surface area contributed by atoms with E-state index in [1.54, 1.807) is 0 Å². The Hall–Kier alpha value is -4.98. The molecule has 0 spiro atoms. The maximum Gasteiger partial charge on any atom is 0.171 e. The number of nitrogens with zero attached hydrogens (tertiary/aromatic N) is 1. The van der Waals surface area contributed by atoms with Crippen LogP contribution in [0.5, 0.6) is 0 Å². The number of pyridine rings is 1. The fourth-order valence-electron chi connectivity index (χ4n) is 6.01. The van der Waals surface area contributed by atoms with E-state index >= 15 is 4.57 Å². The number of benzene rings is 6. The second-order valence-electron chi connectivity index (χ2n) is 10.3. The highest BCUT2D eigenvalue weighted by Crippen LogP contribution is 2.44. The van der Waals surface area contributed by atoms with Crippen LogP contribution in [0.1, 0.15) is 0 Å². The van der Waals surface area contributed by atoms with Crippen LogP contribution in [0.3, 0.4) is 0 Å². The molecule has 41 heavy (non-hydrogen) atoms. The lowest BCUT2D eigenvalue weighted by molar-refractivity contribution is 0.592. The molecule has 0 N–H and O–H groups in total. The van der Waals surface area contributed by atoms with Crippen LogP contribution in [0.25, 0.3) is 54.9 Å². The van der Waals surface area contributed by atoms with E-state index in [1.807, 2.05) is 109 Å². The van der Waals surface area contributed by atoms with Crippen molar-refractivity contribution in [2.75, 3.05) is 0 Å². The fraction of sp³-hybridized carbons (Fsp3) is 0. The molecule has 2 aromatic heterocycles. The van der Waals surface area contributed by atoms with Crippen molar-refractivity contribution in [3.8, 4) is 11.3 Å². The van der Waals surface area contributed by atoms with Gasteiger partial charge in [0.15, 0.2) is 7.14 Å². The molecule has 0 fully saturated rings. The molecule has 0 bridgehead atoms. The predicted molar refractivity (Wildman–Crippen MR) is 171 cm³/mol. The summed E-state index contributed by atoms with van der Waals surface area (Å²) in [6.07, 6.45) is 0. The van der Waals surface area contributed by atoms with E-state index in [0.717, 1.165) is 70.8 Å². The van der Waals surface area contributed by atoms with Gasteiger partial charge in [0, 0.05) is 48.4 Å². The number of rotatable bonds is 4. The van der Waals surface area contributed by atoms with Gasteiger partial charge in [-0.25, -0.2) is 4.98 Å². The second-order valence-corrected chi connectivity index (χ2v) is 13.0. The first-order chi connectivity index (χ1) is 20.2. The van der Waals surface area contributed by atoms with E-state index in [-0.39, 0.29) is 0 Å². The van der Waals surface area contributed by atoms with Crippen molar-refractivity contribution in [2.45, 2.75) is 0 Å². The lowest BCUT2D eigenvalue weighted by atomic mass is 9.98. The summed E-state index contributed by atoms with van der Waals surface area (Å²) < 4.78 is 21.6. The average Bonchev–Trinajstić information content (AvgIpc) is 3.44. The summed E-state index contributed by atoms with van der Waals surface area (Å²) in [5, 5.41) is 7.67. The van der Waals surface area contributed by atoms with E-state index in [0.29, 0.717) is 0 Å². The quantitative estimate of drug-likeness (QED) is 0.164. The van der Waals surface area contributed by atoms with E-state index < -0.39 is 7.14 Å². The number of hydrogen-bond acceptors (Lipinski definition) is 3. The standard InChI is InChI=1S/C37H24NO2P/c39-41(26-13-3-1-4-14-26,27-15-5-2-6-16-27)28-17-11-12-25(24-28)36-32-23-22-30-29-18-8-10-21-34(29)40-37(30)35(32)31-19-7-9-20-33(31)38-36/h1-24H. The Morgan fingerprint density at radius 3 is 1.88 bits per heavy atom. The van der Waals surface area contributed by atoms with Crippen molar-refractivity contribution < 1.29 is 8.98 Å². The Morgan fingerprint density at radius 1 is 0.512 bits per heavy atom. The molecular formula is C37H24NO2P. The summed E-state index contributed by atoms with van der Waals surface area (Å²) in [4.78, 5) is 5.17. The predicted octanol–water partition coefficient (Wildman–Crippen LogP) is 8.59. The highest BCUT2D eigenvalue weighted by atomic mass is 31.2. The van der Waals surface area contributed by atoms with Gasteiger partial charge in [0.2, 0.25) is 0 Å². The van der Waals surface area contributed by atoms with Crippen molar-refractivity contribution in [2.24, 2.45) is 0 Å². The minimum atomic E-state index is -3.14. The van der Waals surface area contributed by atoms with Gasteiger partial charge in [0.25, 0.3) is 0 Å².